The van der Waals surface area contributed by atoms with Crippen LogP contribution in [0.25, 0.3) is 0 Å². The highest BCUT2D eigenvalue weighted by molar-refractivity contribution is 7.47. The zero-order valence-corrected chi connectivity index (χ0v) is 35.7. The number of phosphoric acid groups is 1. The number of hydrogen-bond acceptors (Lipinski definition) is 10. The van der Waals surface area contributed by atoms with E-state index in [2.05, 4.69) is 54.8 Å². The van der Waals surface area contributed by atoms with Gasteiger partial charge in [0.1, 0.15) is 12.6 Å². The van der Waals surface area contributed by atoms with Crippen LogP contribution < -0.4 is 5.73 Å². The number of rotatable bonds is 38. The first-order valence-corrected chi connectivity index (χ1v) is 22.6. The minimum Gasteiger partial charge on any atom is -0.480 e. The van der Waals surface area contributed by atoms with Crippen molar-refractivity contribution in [2.45, 2.75) is 167 Å². The fraction of sp³-hybridized carbons (Fsp3) is 0.659. The van der Waals surface area contributed by atoms with Crippen LogP contribution in [-0.4, -0.2) is 71.1 Å². The summed E-state index contributed by atoms with van der Waals surface area (Å²) in [6.07, 6.45) is 41.4. The van der Waals surface area contributed by atoms with Gasteiger partial charge in [0.2, 0.25) is 0 Å². The molecule has 0 bridgehead atoms. The van der Waals surface area contributed by atoms with Gasteiger partial charge < -0.3 is 30.3 Å². The van der Waals surface area contributed by atoms with Gasteiger partial charge in [0.15, 0.2) is 6.10 Å². The smallest absolute Gasteiger partial charge is 0.472 e. The first-order valence-electron chi connectivity index (χ1n) is 21.1. The van der Waals surface area contributed by atoms with Gasteiger partial charge in [-0.15, -0.1) is 0 Å². The number of phosphoric ester groups is 1. The van der Waals surface area contributed by atoms with E-state index in [4.69, 9.17) is 24.8 Å². The Bertz CT molecular complexity index is 1260. The molecule has 0 aromatic heterocycles. The highest BCUT2D eigenvalue weighted by Gasteiger charge is 2.28. The van der Waals surface area contributed by atoms with Crippen LogP contribution in [0.2, 0.25) is 0 Å². The fourth-order valence-corrected chi connectivity index (χ4v) is 5.89. The summed E-state index contributed by atoms with van der Waals surface area (Å²) in [6.45, 7) is 2.56. The highest BCUT2D eigenvalue weighted by Crippen LogP contribution is 2.43. The summed E-state index contributed by atoms with van der Waals surface area (Å²) in [5.74, 6) is -2.56. The Morgan fingerprint density at radius 1 is 0.632 bits per heavy atom. The molecule has 5 N–H and O–H groups in total. The number of aliphatic hydroxyl groups excluding tert-OH is 1. The summed E-state index contributed by atoms with van der Waals surface area (Å²) in [7, 11) is -4.76. The van der Waals surface area contributed by atoms with E-state index in [1.165, 1.54) is 38.5 Å². The molecule has 4 atom stereocenters. The summed E-state index contributed by atoms with van der Waals surface area (Å²) in [5, 5.41) is 19.0. The third kappa shape index (κ3) is 38.2. The number of carbonyl (C=O) groups is 3. The Morgan fingerprint density at radius 3 is 1.77 bits per heavy atom. The van der Waals surface area contributed by atoms with E-state index in [1.807, 2.05) is 18.2 Å². The van der Waals surface area contributed by atoms with E-state index >= 15 is 0 Å². The van der Waals surface area contributed by atoms with E-state index in [0.29, 0.717) is 25.7 Å². The fourth-order valence-electron chi connectivity index (χ4n) is 5.11. The molecule has 2 unspecified atom stereocenters. The number of ether oxygens (including phenoxy) is 2. The molecule has 326 valence electrons. The molecular formula is C44H74NO11P. The molecule has 0 rings (SSSR count). The second kappa shape index (κ2) is 38.4. The van der Waals surface area contributed by atoms with Crippen molar-refractivity contribution in [1.82, 2.24) is 0 Å². The number of nitrogens with two attached hydrogens (primary N) is 1. The van der Waals surface area contributed by atoms with E-state index in [9.17, 15) is 28.9 Å². The molecule has 0 spiro atoms. The largest absolute Gasteiger partial charge is 0.480 e. The Labute approximate surface area is 343 Å². The normalized spacial score (nSPS) is 15.0. The molecule has 57 heavy (non-hydrogen) atoms. The molecular weight excluding hydrogens is 749 g/mol. The highest BCUT2D eigenvalue weighted by atomic mass is 31.2. The van der Waals surface area contributed by atoms with Crippen molar-refractivity contribution < 1.29 is 52.6 Å². The van der Waals surface area contributed by atoms with E-state index < -0.39 is 63.8 Å². The topological polar surface area (TPSA) is 192 Å². The molecule has 12 nitrogen and oxygen atoms in total. The maximum absolute atomic E-state index is 12.6. The van der Waals surface area contributed by atoms with Crippen LogP contribution in [0, 0.1) is 0 Å². The summed E-state index contributed by atoms with van der Waals surface area (Å²) in [5.41, 5.74) is 5.32. The molecule has 13 heteroatoms. The lowest BCUT2D eigenvalue weighted by Crippen LogP contribution is -2.34. The maximum Gasteiger partial charge on any atom is 0.472 e. The average molecular weight is 824 g/mol. The SMILES string of the molecule is CCCCC/C=C\C/C=C\CCCCCCCC(=O)OC[C@H](COP(=O)(O)OC[C@H](N)C(=O)O)OC(=O)CCC/C=C/C=C\C(O)C/C=C\C/C=C\CCCCC. The average Bonchev–Trinajstić information content (AvgIpc) is 3.18. The second-order valence-corrected chi connectivity index (χ2v) is 15.4. The van der Waals surface area contributed by atoms with Gasteiger partial charge in [-0.1, -0.05) is 132 Å². The predicted molar refractivity (Wildman–Crippen MR) is 227 cm³/mol. The molecule has 0 fully saturated rings. The number of hydrogen-bond donors (Lipinski definition) is 4. The third-order valence-corrected chi connectivity index (χ3v) is 9.46. The van der Waals surface area contributed by atoms with Crippen LogP contribution in [0.3, 0.4) is 0 Å². The van der Waals surface area contributed by atoms with Crippen LogP contribution >= 0.6 is 7.82 Å². The number of allylic oxidation sites excluding steroid dienone is 10. The van der Waals surface area contributed by atoms with Crippen LogP contribution in [0.1, 0.15) is 149 Å². The van der Waals surface area contributed by atoms with Gasteiger partial charge >= 0.3 is 25.7 Å². The van der Waals surface area contributed by atoms with Crippen LogP contribution in [0.5, 0.6) is 0 Å². The number of carbonyl (C=O) groups excluding carboxylic acids is 2. The van der Waals surface area contributed by atoms with Gasteiger partial charge in [-0.25, -0.2) is 4.57 Å². The lowest BCUT2D eigenvalue weighted by atomic mass is 10.1. The zero-order chi connectivity index (χ0) is 42.2. The van der Waals surface area contributed by atoms with Gasteiger partial charge in [-0.3, -0.25) is 23.4 Å². The van der Waals surface area contributed by atoms with Gasteiger partial charge in [-0.05, 0) is 77.0 Å². The molecule has 0 aromatic rings. The molecule has 0 saturated carbocycles. The molecule has 0 aromatic carbocycles. The molecule has 0 aliphatic heterocycles. The van der Waals surface area contributed by atoms with Gasteiger partial charge in [0.25, 0.3) is 0 Å². The Kier molecular flexibility index (Phi) is 36.3. The van der Waals surface area contributed by atoms with Gasteiger partial charge in [0.05, 0.1) is 19.3 Å². The maximum atomic E-state index is 12.6. The standard InChI is InChI=1S/C44H74NO11P/c1-3-5-7-9-11-13-14-15-16-17-18-20-22-26-30-34-42(47)53-36-40(37-54-57(51,52)55-38-41(45)44(49)50)56-43(48)35-31-27-23-25-29-33-39(46)32-28-24-21-19-12-10-8-6-4-2/h11-13,15-16,19,23-25,28-29,33,39-41,46H,3-10,14,17-18,20-22,26-27,30-32,34-38,45H2,1-2H3,(H,49,50)(H,51,52)/b13-11-,16-15-,19-12-,25-23+,28-24-,33-29-/t39?,40-,41+/m1/s1. The first kappa shape index (κ1) is 53.9. The Balaban J connectivity index is 4.62. The van der Waals surface area contributed by atoms with Crippen molar-refractivity contribution in [3.8, 4) is 0 Å². The number of carboxylic acid groups (broad SMARTS) is 1. The quantitative estimate of drug-likeness (QED) is 0.0152. The summed E-state index contributed by atoms with van der Waals surface area (Å²) in [4.78, 5) is 45.9. The van der Waals surface area contributed by atoms with Crippen molar-refractivity contribution in [1.29, 1.82) is 0 Å². The summed E-state index contributed by atoms with van der Waals surface area (Å²) in [6, 6.07) is -1.55. The molecule has 0 heterocycles. The number of aliphatic hydroxyl groups is 1. The van der Waals surface area contributed by atoms with Crippen molar-refractivity contribution in [3.05, 3.63) is 72.9 Å². The first-order chi connectivity index (χ1) is 27.5. The van der Waals surface area contributed by atoms with E-state index in [-0.39, 0.29) is 12.8 Å². The van der Waals surface area contributed by atoms with Crippen LogP contribution in [0.4, 0.5) is 0 Å². The number of aliphatic carboxylic acids is 1. The van der Waals surface area contributed by atoms with Crippen LogP contribution in [-0.2, 0) is 37.5 Å². The molecule has 0 radical (unpaired) electrons. The third-order valence-electron chi connectivity index (χ3n) is 8.51. The van der Waals surface area contributed by atoms with E-state index in [1.54, 1.807) is 18.2 Å². The molecule has 0 amide bonds. The molecule has 0 aliphatic rings. The van der Waals surface area contributed by atoms with Crippen molar-refractivity contribution in [3.63, 3.8) is 0 Å². The number of esters is 2. The van der Waals surface area contributed by atoms with E-state index in [0.717, 1.165) is 57.8 Å². The van der Waals surface area contributed by atoms with Crippen molar-refractivity contribution in [2.75, 3.05) is 19.8 Å². The van der Waals surface area contributed by atoms with Gasteiger partial charge in [0, 0.05) is 12.8 Å². The number of carboxylic acids is 1. The monoisotopic (exact) mass is 823 g/mol. The zero-order valence-electron chi connectivity index (χ0n) is 34.8. The minimum absolute atomic E-state index is 0.0195. The minimum atomic E-state index is -4.76. The van der Waals surface area contributed by atoms with Crippen LogP contribution in [0.15, 0.2) is 72.9 Å². The van der Waals surface area contributed by atoms with Crippen molar-refractivity contribution in [2.24, 2.45) is 5.73 Å². The Morgan fingerprint density at radius 2 is 1.16 bits per heavy atom. The summed E-state index contributed by atoms with van der Waals surface area (Å²) < 4.78 is 32.5. The molecule has 0 saturated heterocycles. The lowest BCUT2D eigenvalue weighted by Gasteiger charge is -2.20. The van der Waals surface area contributed by atoms with Gasteiger partial charge in [-0.2, -0.15) is 0 Å². The summed E-state index contributed by atoms with van der Waals surface area (Å²) >= 11 is 0. The van der Waals surface area contributed by atoms with Crippen molar-refractivity contribution >= 4 is 25.7 Å². The Hall–Kier alpha value is -3.12. The predicted octanol–water partition coefficient (Wildman–Crippen LogP) is 9.92. The lowest BCUT2D eigenvalue weighted by molar-refractivity contribution is -0.161. The number of unbranched alkanes of at least 4 members (excludes halogenated alkanes) is 12. The second-order valence-electron chi connectivity index (χ2n) is 14.0. The molecule has 0 aliphatic carbocycles.